The number of ether oxygens (including phenoxy) is 1. The molecule has 0 saturated heterocycles. The van der Waals surface area contributed by atoms with Crippen LogP contribution in [0, 0.1) is 20.2 Å². The van der Waals surface area contributed by atoms with Crippen molar-refractivity contribution in [1.82, 2.24) is 0 Å². The van der Waals surface area contributed by atoms with Gasteiger partial charge in [-0.25, -0.2) is 0 Å². The van der Waals surface area contributed by atoms with E-state index in [4.69, 9.17) is 0 Å². The number of nitrogens with zero attached hydrogens (tertiary/aromatic N) is 2. The Bertz CT molecular complexity index is 165. The molecule has 0 radical (unpaired) electrons. The van der Waals surface area contributed by atoms with Crippen molar-refractivity contribution >= 4 is 0 Å². The molecule has 0 saturated carbocycles. The predicted octanol–water partition coefficient (Wildman–Crippen LogP) is -0.582. The molecule has 0 heterocycles. The van der Waals surface area contributed by atoms with Crippen LogP contribution in [0.1, 0.15) is 0 Å². The number of hydrogen-bond acceptors (Lipinski definition) is 7. The van der Waals surface area contributed by atoms with Crippen LogP contribution in [-0.4, -0.2) is 36.6 Å². The van der Waals surface area contributed by atoms with Gasteiger partial charge in [-0.3, -0.25) is 0 Å². The lowest BCUT2D eigenvalue weighted by molar-refractivity contribution is -0.768. The van der Waals surface area contributed by atoms with Gasteiger partial charge in [0.25, 0.3) is 10.2 Å². The first kappa shape index (κ1) is 11.4. The quantitative estimate of drug-likeness (QED) is 0.395. The first-order valence-electron chi connectivity index (χ1n) is 3.13. The van der Waals surface area contributed by atoms with E-state index in [1.807, 2.05) is 0 Å². The van der Waals surface area contributed by atoms with Gasteiger partial charge in [0.05, 0.1) is 0 Å². The first-order chi connectivity index (χ1) is 6.06. The number of rotatable bonds is 7. The van der Waals surface area contributed by atoms with Gasteiger partial charge in [0.2, 0.25) is 0 Å². The van der Waals surface area contributed by atoms with Gasteiger partial charge < -0.3 is 14.4 Å². The van der Waals surface area contributed by atoms with E-state index < -0.39 is 29.5 Å². The van der Waals surface area contributed by atoms with E-state index in [2.05, 4.69) is 14.4 Å². The van der Waals surface area contributed by atoms with Gasteiger partial charge in [0.1, 0.15) is 19.3 Å². The Labute approximate surface area is 72.4 Å². The predicted molar refractivity (Wildman–Crippen MR) is 36.7 cm³/mol. The molecular weight excluding hydrogens is 188 g/mol. The van der Waals surface area contributed by atoms with Gasteiger partial charge in [-0.2, -0.15) is 0 Å². The summed E-state index contributed by atoms with van der Waals surface area (Å²) in [5.41, 5.74) is 0. The van der Waals surface area contributed by atoms with Crippen molar-refractivity contribution in [3.63, 3.8) is 0 Å². The molecule has 0 N–H and O–H groups in total. The van der Waals surface area contributed by atoms with Crippen molar-refractivity contribution < 1.29 is 24.6 Å². The van der Waals surface area contributed by atoms with Crippen molar-refractivity contribution in [2.24, 2.45) is 0 Å². The van der Waals surface area contributed by atoms with Crippen LogP contribution in [0.5, 0.6) is 0 Å². The zero-order valence-electron chi connectivity index (χ0n) is 6.74. The van der Waals surface area contributed by atoms with Crippen molar-refractivity contribution in [3.05, 3.63) is 20.2 Å². The molecule has 0 amide bonds. The van der Waals surface area contributed by atoms with Crippen LogP contribution in [0.15, 0.2) is 0 Å². The lowest BCUT2D eigenvalue weighted by Gasteiger charge is -2.11. The molecule has 0 aromatic rings. The summed E-state index contributed by atoms with van der Waals surface area (Å²) in [4.78, 5) is 27.3. The van der Waals surface area contributed by atoms with E-state index in [1.165, 1.54) is 7.11 Å². The average Bonchev–Trinajstić information content (AvgIpc) is 2.04. The van der Waals surface area contributed by atoms with E-state index in [0.29, 0.717) is 0 Å². The van der Waals surface area contributed by atoms with Crippen LogP contribution < -0.4 is 0 Å². The Kier molecular flexibility index (Phi) is 5.19. The SMILES string of the molecule is COC(CO[N+](=O)[O-])CO[N+](=O)[O-]. The second-order valence-electron chi connectivity index (χ2n) is 1.90. The monoisotopic (exact) mass is 196 g/mol. The molecule has 0 aromatic heterocycles. The van der Waals surface area contributed by atoms with Crippen molar-refractivity contribution in [3.8, 4) is 0 Å². The number of methoxy groups -OCH3 is 1. The summed E-state index contributed by atoms with van der Waals surface area (Å²) in [5.74, 6) is 0. The maximum atomic E-state index is 9.71. The van der Waals surface area contributed by atoms with Crippen molar-refractivity contribution in [2.45, 2.75) is 6.10 Å². The zero-order valence-corrected chi connectivity index (χ0v) is 6.74. The third-order valence-electron chi connectivity index (χ3n) is 1.07. The maximum Gasteiger partial charge on any atom is 0.294 e. The molecule has 76 valence electrons. The smallest absolute Gasteiger partial charge is 0.294 e. The molecule has 0 aliphatic heterocycles. The molecule has 0 atom stereocenters. The van der Waals surface area contributed by atoms with Gasteiger partial charge in [-0.05, 0) is 0 Å². The second-order valence-corrected chi connectivity index (χ2v) is 1.90. The molecule has 0 bridgehead atoms. The average molecular weight is 196 g/mol. The lowest BCUT2D eigenvalue weighted by Crippen LogP contribution is -2.26. The highest BCUT2D eigenvalue weighted by atomic mass is 17.0. The Morgan fingerprint density at radius 3 is 1.77 bits per heavy atom. The molecule has 0 fully saturated rings. The summed E-state index contributed by atoms with van der Waals surface area (Å²) in [6.45, 7) is -0.811. The number of hydrogen-bond donors (Lipinski definition) is 0. The summed E-state index contributed by atoms with van der Waals surface area (Å²) in [6.07, 6.45) is -0.837. The molecular formula is C4H8N2O7. The molecule has 0 unspecified atom stereocenters. The van der Waals surface area contributed by atoms with E-state index in [9.17, 15) is 20.2 Å². The topological polar surface area (TPSA) is 114 Å². The van der Waals surface area contributed by atoms with E-state index in [0.717, 1.165) is 0 Å². The van der Waals surface area contributed by atoms with Crippen LogP contribution >= 0.6 is 0 Å². The maximum absolute atomic E-state index is 9.71. The highest BCUT2D eigenvalue weighted by Gasteiger charge is 2.11. The van der Waals surface area contributed by atoms with Crippen LogP contribution in [0.2, 0.25) is 0 Å². The fourth-order valence-corrected chi connectivity index (χ4v) is 0.472. The Morgan fingerprint density at radius 1 is 1.15 bits per heavy atom. The summed E-state index contributed by atoms with van der Waals surface area (Å²) in [5, 5.41) is 17.4. The molecule has 0 aliphatic rings. The summed E-state index contributed by atoms with van der Waals surface area (Å²) in [6, 6.07) is 0. The van der Waals surface area contributed by atoms with E-state index >= 15 is 0 Å². The minimum Gasteiger partial charge on any atom is -0.377 e. The molecule has 0 spiro atoms. The van der Waals surface area contributed by atoms with Gasteiger partial charge in [-0.1, -0.05) is 0 Å². The fourth-order valence-electron chi connectivity index (χ4n) is 0.472. The van der Waals surface area contributed by atoms with Crippen LogP contribution in [0.25, 0.3) is 0 Å². The fraction of sp³-hybridized carbons (Fsp3) is 1.00. The highest BCUT2D eigenvalue weighted by molar-refractivity contribution is 4.50. The second kappa shape index (κ2) is 5.94. The van der Waals surface area contributed by atoms with E-state index in [1.54, 1.807) is 0 Å². The first-order valence-corrected chi connectivity index (χ1v) is 3.13. The largest absolute Gasteiger partial charge is 0.377 e. The van der Waals surface area contributed by atoms with Crippen LogP contribution in [0.4, 0.5) is 0 Å². The Morgan fingerprint density at radius 2 is 1.54 bits per heavy atom. The third-order valence-corrected chi connectivity index (χ3v) is 1.07. The van der Waals surface area contributed by atoms with Gasteiger partial charge in [-0.15, -0.1) is 20.2 Å². The molecule has 9 nitrogen and oxygen atoms in total. The third kappa shape index (κ3) is 6.75. The lowest BCUT2D eigenvalue weighted by atomic mass is 10.4. The molecule has 13 heavy (non-hydrogen) atoms. The normalized spacial score (nSPS) is 9.69. The van der Waals surface area contributed by atoms with Crippen LogP contribution in [0.3, 0.4) is 0 Å². The summed E-state index contributed by atoms with van der Waals surface area (Å²) in [7, 11) is 1.23. The van der Waals surface area contributed by atoms with Gasteiger partial charge >= 0.3 is 0 Å². The van der Waals surface area contributed by atoms with E-state index in [-0.39, 0.29) is 0 Å². The Balaban J connectivity index is 3.63. The molecule has 0 aliphatic carbocycles. The van der Waals surface area contributed by atoms with Crippen LogP contribution in [-0.2, 0) is 14.4 Å². The minimum absolute atomic E-state index is 0.405. The van der Waals surface area contributed by atoms with Gasteiger partial charge in [0, 0.05) is 7.11 Å². The van der Waals surface area contributed by atoms with Gasteiger partial charge in [0.15, 0.2) is 0 Å². The standard InChI is InChI=1S/C4H8N2O7/c1-11-4(2-12-5(7)8)3-13-6(9)10/h4H,2-3H2,1H3. The molecule has 9 heteroatoms. The molecule has 0 aromatic carbocycles. The Hall–Kier alpha value is -1.64. The van der Waals surface area contributed by atoms with Crippen molar-refractivity contribution in [1.29, 1.82) is 0 Å². The minimum atomic E-state index is -1.02. The van der Waals surface area contributed by atoms with Crippen molar-refractivity contribution in [2.75, 3.05) is 20.3 Å². The molecule has 0 rings (SSSR count). The summed E-state index contributed by atoms with van der Waals surface area (Å²) >= 11 is 0. The highest BCUT2D eigenvalue weighted by Crippen LogP contribution is 1.93. The zero-order chi connectivity index (χ0) is 10.3. The summed E-state index contributed by atoms with van der Waals surface area (Å²) < 4.78 is 4.59.